The lowest BCUT2D eigenvalue weighted by atomic mass is 10.1. The second-order valence-corrected chi connectivity index (χ2v) is 6.78. The number of hydrogen-bond acceptors (Lipinski definition) is 4. The van der Waals surface area contributed by atoms with Gasteiger partial charge in [-0.25, -0.2) is 4.79 Å². The quantitative estimate of drug-likeness (QED) is 0.786. The first-order valence-electron chi connectivity index (χ1n) is 7.74. The highest BCUT2D eigenvalue weighted by Gasteiger charge is 2.25. The average molecular weight is 285 g/mol. The van der Waals surface area contributed by atoms with Crippen LogP contribution >= 0.6 is 0 Å². The first kappa shape index (κ1) is 17.2. The summed E-state index contributed by atoms with van der Waals surface area (Å²) in [5.74, 6) is 0. The summed E-state index contributed by atoms with van der Waals surface area (Å²) in [6.45, 7) is 12.3. The summed E-state index contributed by atoms with van der Waals surface area (Å²) >= 11 is 0. The SMILES string of the molecule is C[C@H](N)CCCCN1CCN(C(=O)OC(C)(C)C)CC1. The predicted molar refractivity (Wildman–Crippen MR) is 81.7 cm³/mol. The summed E-state index contributed by atoms with van der Waals surface area (Å²) in [4.78, 5) is 16.2. The van der Waals surface area contributed by atoms with Crippen LogP contribution in [0.15, 0.2) is 0 Å². The Kier molecular flexibility index (Phi) is 6.76. The molecular formula is C15H31N3O2. The van der Waals surface area contributed by atoms with Gasteiger partial charge in [0.15, 0.2) is 0 Å². The van der Waals surface area contributed by atoms with E-state index in [1.165, 1.54) is 12.8 Å². The maximum absolute atomic E-state index is 11.9. The van der Waals surface area contributed by atoms with Gasteiger partial charge in [0, 0.05) is 32.2 Å². The molecule has 2 N–H and O–H groups in total. The highest BCUT2D eigenvalue weighted by atomic mass is 16.6. The summed E-state index contributed by atoms with van der Waals surface area (Å²) < 4.78 is 5.39. The maximum atomic E-state index is 11.9. The normalized spacial score (nSPS) is 18.9. The number of ether oxygens (including phenoxy) is 1. The third-order valence-corrected chi connectivity index (χ3v) is 3.41. The Morgan fingerprint density at radius 1 is 1.20 bits per heavy atom. The van der Waals surface area contributed by atoms with Crippen molar-refractivity contribution in [3.63, 3.8) is 0 Å². The largest absolute Gasteiger partial charge is 0.444 e. The summed E-state index contributed by atoms with van der Waals surface area (Å²) in [6, 6.07) is 0.305. The number of amides is 1. The molecule has 1 atom stereocenters. The number of piperazine rings is 1. The van der Waals surface area contributed by atoms with Gasteiger partial charge >= 0.3 is 6.09 Å². The fraction of sp³-hybridized carbons (Fsp3) is 0.933. The zero-order valence-corrected chi connectivity index (χ0v) is 13.5. The van der Waals surface area contributed by atoms with Crippen LogP contribution in [-0.2, 0) is 4.74 Å². The number of nitrogens with zero attached hydrogens (tertiary/aromatic N) is 2. The molecule has 5 nitrogen and oxygen atoms in total. The molecule has 0 aromatic heterocycles. The lowest BCUT2D eigenvalue weighted by molar-refractivity contribution is 0.0144. The van der Waals surface area contributed by atoms with Gasteiger partial charge in [-0.05, 0) is 47.1 Å². The molecule has 0 radical (unpaired) electrons. The summed E-state index contributed by atoms with van der Waals surface area (Å²) in [5, 5.41) is 0. The van der Waals surface area contributed by atoms with Crippen LogP contribution in [0.1, 0.15) is 47.0 Å². The monoisotopic (exact) mass is 285 g/mol. The molecule has 1 aliphatic rings. The molecule has 0 unspecified atom stereocenters. The minimum atomic E-state index is -0.410. The zero-order chi connectivity index (χ0) is 15.2. The molecule has 0 aliphatic carbocycles. The third kappa shape index (κ3) is 7.10. The van der Waals surface area contributed by atoms with Crippen molar-refractivity contribution >= 4 is 6.09 Å². The van der Waals surface area contributed by atoms with Crippen molar-refractivity contribution in [1.82, 2.24) is 9.80 Å². The highest BCUT2D eigenvalue weighted by molar-refractivity contribution is 5.68. The molecule has 1 heterocycles. The van der Waals surface area contributed by atoms with Crippen molar-refractivity contribution in [3.05, 3.63) is 0 Å². The van der Waals surface area contributed by atoms with E-state index in [4.69, 9.17) is 10.5 Å². The molecule has 0 bridgehead atoms. The predicted octanol–water partition coefficient (Wildman–Crippen LogP) is 2.06. The van der Waals surface area contributed by atoms with Crippen molar-refractivity contribution < 1.29 is 9.53 Å². The van der Waals surface area contributed by atoms with Gasteiger partial charge in [0.2, 0.25) is 0 Å². The Morgan fingerprint density at radius 2 is 1.80 bits per heavy atom. The average Bonchev–Trinajstić information content (AvgIpc) is 2.33. The minimum Gasteiger partial charge on any atom is -0.444 e. The van der Waals surface area contributed by atoms with Crippen LogP contribution in [-0.4, -0.2) is 60.3 Å². The highest BCUT2D eigenvalue weighted by Crippen LogP contribution is 2.12. The van der Waals surface area contributed by atoms with E-state index in [1.807, 2.05) is 25.7 Å². The molecule has 0 aromatic rings. The van der Waals surface area contributed by atoms with Crippen molar-refractivity contribution in [2.45, 2.75) is 58.6 Å². The van der Waals surface area contributed by atoms with E-state index >= 15 is 0 Å². The second kappa shape index (κ2) is 7.84. The topological polar surface area (TPSA) is 58.8 Å². The van der Waals surface area contributed by atoms with Crippen LogP contribution < -0.4 is 5.73 Å². The number of nitrogens with two attached hydrogens (primary N) is 1. The maximum Gasteiger partial charge on any atom is 0.410 e. The first-order chi connectivity index (χ1) is 9.28. The summed E-state index contributed by atoms with van der Waals surface area (Å²) in [7, 11) is 0. The first-order valence-corrected chi connectivity index (χ1v) is 7.74. The number of hydrogen-bond donors (Lipinski definition) is 1. The number of carbonyl (C=O) groups is 1. The molecule has 118 valence electrons. The Bertz CT molecular complexity index is 292. The Labute approximate surface area is 123 Å². The number of unbranched alkanes of at least 4 members (excludes halogenated alkanes) is 1. The van der Waals surface area contributed by atoms with Crippen molar-refractivity contribution in [2.24, 2.45) is 5.73 Å². The Hall–Kier alpha value is -0.810. The van der Waals surface area contributed by atoms with Gasteiger partial charge in [0.05, 0.1) is 0 Å². The Balaban J connectivity index is 2.18. The number of rotatable bonds is 5. The van der Waals surface area contributed by atoms with Gasteiger partial charge in [0.25, 0.3) is 0 Å². The zero-order valence-electron chi connectivity index (χ0n) is 13.5. The molecule has 1 rings (SSSR count). The van der Waals surface area contributed by atoms with Gasteiger partial charge in [-0.2, -0.15) is 0 Å². The van der Waals surface area contributed by atoms with E-state index in [0.29, 0.717) is 6.04 Å². The van der Waals surface area contributed by atoms with Crippen molar-refractivity contribution in [2.75, 3.05) is 32.7 Å². The van der Waals surface area contributed by atoms with Crippen molar-refractivity contribution in [1.29, 1.82) is 0 Å². The van der Waals surface area contributed by atoms with Crippen LogP contribution in [0.25, 0.3) is 0 Å². The Morgan fingerprint density at radius 3 is 2.30 bits per heavy atom. The van der Waals surface area contributed by atoms with Gasteiger partial charge in [-0.1, -0.05) is 6.42 Å². The second-order valence-electron chi connectivity index (χ2n) is 6.78. The molecule has 1 fully saturated rings. The molecule has 1 amide bonds. The van der Waals surface area contributed by atoms with Crippen LogP contribution in [0.3, 0.4) is 0 Å². The standard InChI is InChI=1S/C15H31N3O2/c1-13(16)7-5-6-8-17-9-11-18(12-10-17)14(19)20-15(2,3)4/h13H,5-12,16H2,1-4H3/t13-/m0/s1. The lowest BCUT2D eigenvalue weighted by Gasteiger charge is -2.35. The molecule has 0 spiro atoms. The molecule has 1 saturated heterocycles. The fourth-order valence-corrected chi connectivity index (χ4v) is 2.28. The van der Waals surface area contributed by atoms with E-state index in [-0.39, 0.29) is 6.09 Å². The molecular weight excluding hydrogens is 254 g/mol. The van der Waals surface area contributed by atoms with Gasteiger partial charge in [0.1, 0.15) is 5.60 Å². The van der Waals surface area contributed by atoms with Crippen LogP contribution in [0.2, 0.25) is 0 Å². The molecule has 5 heteroatoms. The van der Waals surface area contributed by atoms with Gasteiger partial charge < -0.3 is 15.4 Å². The number of carbonyl (C=O) groups excluding carboxylic acids is 1. The van der Waals surface area contributed by atoms with E-state index < -0.39 is 5.60 Å². The minimum absolute atomic E-state index is 0.186. The van der Waals surface area contributed by atoms with E-state index in [0.717, 1.165) is 39.1 Å². The van der Waals surface area contributed by atoms with Crippen LogP contribution in [0, 0.1) is 0 Å². The van der Waals surface area contributed by atoms with Crippen LogP contribution in [0.5, 0.6) is 0 Å². The fourth-order valence-electron chi connectivity index (χ4n) is 2.28. The van der Waals surface area contributed by atoms with Crippen molar-refractivity contribution in [3.8, 4) is 0 Å². The van der Waals surface area contributed by atoms with Crippen LogP contribution in [0.4, 0.5) is 4.79 Å². The molecule has 0 aromatic carbocycles. The molecule has 1 aliphatic heterocycles. The van der Waals surface area contributed by atoms with E-state index in [9.17, 15) is 4.79 Å². The summed E-state index contributed by atoms with van der Waals surface area (Å²) in [5.41, 5.74) is 5.33. The third-order valence-electron chi connectivity index (χ3n) is 3.41. The molecule has 20 heavy (non-hydrogen) atoms. The van der Waals surface area contributed by atoms with Gasteiger partial charge in [-0.15, -0.1) is 0 Å². The lowest BCUT2D eigenvalue weighted by Crippen LogP contribution is -2.50. The molecule has 0 saturated carbocycles. The van der Waals surface area contributed by atoms with E-state index in [1.54, 1.807) is 0 Å². The van der Waals surface area contributed by atoms with E-state index in [2.05, 4.69) is 11.8 Å². The smallest absolute Gasteiger partial charge is 0.410 e. The van der Waals surface area contributed by atoms with Gasteiger partial charge in [-0.3, -0.25) is 4.90 Å². The summed E-state index contributed by atoms with van der Waals surface area (Å²) in [6.07, 6.45) is 3.28.